The molecule has 5 rings (SSSR count). The molecular formula is C20H12Cl2N2O2. The van der Waals surface area contributed by atoms with E-state index in [1.54, 1.807) is 24.4 Å². The summed E-state index contributed by atoms with van der Waals surface area (Å²) in [4.78, 5) is 17.3. The van der Waals surface area contributed by atoms with Crippen LogP contribution in [0, 0.1) is 6.92 Å². The third-order valence-electron chi connectivity index (χ3n) is 4.64. The molecule has 4 aromatic rings. The van der Waals surface area contributed by atoms with Crippen LogP contribution in [0.3, 0.4) is 0 Å². The smallest absolute Gasteiger partial charge is 0.260 e. The molecule has 128 valence electrons. The van der Waals surface area contributed by atoms with Gasteiger partial charge in [-0.3, -0.25) is 9.78 Å². The van der Waals surface area contributed by atoms with Crippen molar-refractivity contribution in [3.63, 3.8) is 0 Å². The van der Waals surface area contributed by atoms with Crippen LogP contribution >= 0.6 is 23.2 Å². The van der Waals surface area contributed by atoms with Crippen LogP contribution in [-0.4, -0.2) is 10.9 Å². The second kappa shape index (κ2) is 5.47. The number of hydrogen-bond donors (Lipinski definition) is 1. The highest BCUT2D eigenvalue weighted by molar-refractivity contribution is 6.42. The van der Waals surface area contributed by atoms with Crippen LogP contribution in [0.15, 0.2) is 40.9 Å². The number of nitrogens with zero attached hydrogens (tertiary/aromatic N) is 1. The minimum atomic E-state index is -0.226. The first-order chi connectivity index (χ1) is 12.5. The Hall–Kier alpha value is -2.56. The average molecular weight is 383 g/mol. The molecule has 0 atom stereocenters. The number of fused-ring (bicyclic) bond motifs is 5. The molecule has 1 aliphatic rings. The second-order valence-electron chi connectivity index (χ2n) is 6.41. The zero-order valence-corrected chi connectivity index (χ0v) is 15.2. The molecule has 0 fully saturated rings. The van der Waals surface area contributed by atoms with Gasteiger partial charge < -0.3 is 9.73 Å². The maximum atomic E-state index is 13.0. The number of carbonyl (C=O) groups is 1. The molecule has 0 saturated heterocycles. The van der Waals surface area contributed by atoms with Crippen LogP contribution in [0.25, 0.3) is 22.3 Å². The van der Waals surface area contributed by atoms with Gasteiger partial charge in [-0.25, -0.2) is 0 Å². The number of anilines is 1. The summed E-state index contributed by atoms with van der Waals surface area (Å²) in [5.74, 6) is -0.226. The minimum absolute atomic E-state index is 0.226. The number of nitrogens with one attached hydrogen (secondary N) is 1. The van der Waals surface area contributed by atoms with Gasteiger partial charge in [-0.05, 0) is 42.8 Å². The zero-order chi connectivity index (χ0) is 18.0. The summed E-state index contributed by atoms with van der Waals surface area (Å²) < 4.78 is 5.91. The number of pyridine rings is 1. The van der Waals surface area contributed by atoms with Gasteiger partial charge >= 0.3 is 0 Å². The number of aromatic nitrogens is 1. The molecule has 0 spiro atoms. The van der Waals surface area contributed by atoms with Crippen molar-refractivity contribution in [3.05, 3.63) is 69.0 Å². The summed E-state index contributed by atoms with van der Waals surface area (Å²) in [6.07, 6.45) is 2.63. The number of aryl methyl sites for hydroxylation is 1. The maximum Gasteiger partial charge on any atom is 0.260 e. The fraction of sp³-hybridized carbons (Fsp3) is 0.100. The van der Waals surface area contributed by atoms with E-state index >= 15 is 0 Å². The molecule has 26 heavy (non-hydrogen) atoms. The van der Waals surface area contributed by atoms with Gasteiger partial charge in [-0.15, -0.1) is 0 Å². The summed E-state index contributed by atoms with van der Waals surface area (Å²) in [6.45, 7) is 1.92. The van der Waals surface area contributed by atoms with Crippen molar-refractivity contribution in [2.24, 2.45) is 0 Å². The van der Waals surface area contributed by atoms with Crippen molar-refractivity contribution in [2.45, 2.75) is 13.3 Å². The monoisotopic (exact) mass is 382 g/mol. The van der Waals surface area contributed by atoms with Gasteiger partial charge in [0.05, 0.1) is 15.6 Å². The predicted molar refractivity (Wildman–Crippen MR) is 103 cm³/mol. The first-order valence-corrected chi connectivity index (χ1v) is 8.87. The van der Waals surface area contributed by atoms with Crippen LogP contribution in [0.4, 0.5) is 5.69 Å². The highest BCUT2D eigenvalue weighted by Crippen LogP contribution is 2.50. The Morgan fingerprint density at radius 2 is 1.92 bits per heavy atom. The van der Waals surface area contributed by atoms with Crippen LogP contribution in [-0.2, 0) is 6.42 Å². The summed E-state index contributed by atoms with van der Waals surface area (Å²) in [7, 11) is 0. The van der Waals surface area contributed by atoms with E-state index in [4.69, 9.17) is 27.6 Å². The van der Waals surface area contributed by atoms with E-state index < -0.39 is 0 Å². The summed E-state index contributed by atoms with van der Waals surface area (Å²) in [5.41, 5.74) is 7.62. The molecule has 0 radical (unpaired) electrons. The van der Waals surface area contributed by atoms with Crippen molar-refractivity contribution in [3.8, 4) is 11.1 Å². The van der Waals surface area contributed by atoms with Gasteiger partial charge in [-0.1, -0.05) is 23.2 Å². The Morgan fingerprint density at radius 1 is 1.12 bits per heavy atom. The standard InChI is InChI=1S/C20H12Cl2N2O2/c1-9-6-10(4-5-23-9)16-17(19-13-8-12(13)18(16)26-19)20(25)24-11-2-3-14(21)15(22)7-11/h2-7H,8H2,1H3,(H,24,25). The van der Waals surface area contributed by atoms with Gasteiger partial charge in [0.25, 0.3) is 5.91 Å². The van der Waals surface area contributed by atoms with E-state index in [1.165, 1.54) is 5.56 Å². The first-order valence-electron chi connectivity index (χ1n) is 8.12. The van der Waals surface area contributed by atoms with E-state index in [0.717, 1.165) is 34.4 Å². The van der Waals surface area contributed by atoms with Crippen molar-refractivity contribution in [1.29, 1.82) is 0 Å². The second-order valence-corrected chi connectivity index (χ2v) is 7.23. The fourth-order valence-electron chi connectivity index (χ4n) is 3.38. The summed E-state index contributed by atoms with van der Waals surface area (Å²) in [5, 5.41) is 3.73. The molecule has 0 aliphatic heterocycles. The summed E-state index contributed by atoms with van der Waals surface area (Å²) >= 11 is 12.0. The lowest BCUT2D eigenvalue weighted by Crippen LogP contribution is -2.12. The number of furan rings is 2. The van der Waals surface area contributed by atoms with Crippen LogP contribution in [0.5, 0.6) is 0 Å². The van der Waals surface area contributed by atoms with E-state index in [9.17, 15) is 4.79 Å². The molecule has 4 nitrogen and oxygen atoms in total. The Morgan fingerprint density at radius 3 is 2.69 bits per heavy atom. The van der Waals surface area contributed by atoms with Gasteiger partial charge in [-0.2, -0.15) is 0 Å². The van der Waals surface area contributed by atoms with Gasteiger partial charge in [0.1, 0.15) is 11.2 Å². The number of carbonyl (C=O) groups excluding carboxylic acids is 1. The van der Waals surface area contributed by atoms with Crippen LogP contribution in [0.1, 0.15) is 27.2 Å². The maximum absolute atomic E-state index is 13.0. The quantitative estimate of drug-likeness (QED) is 0.435. The predicted octanol–water partition coefficient (Wildman–Crippen LogP) is 5.70. The molecule has 2 bridgehead atoms. The molecule has 3 aromatic heterocycles. The molecule has 6 heteroatoms. The lowest BCUT2D eigenvalue weighted by molar-refractivity contribution is 0.102. The van der Waals surface area contributed by atoms with Crippen LogP contribution < -0.4 is 5.32 Å². The van der Waals surface area contributed by atoms with Crippen LogP contribution in [0.2, 0.25) is 10.0 Å². The lowest BCUT2D eigenvalue weighted by atomic mass is 9.99. The average Bonchev–Trinajstić information content (AvgIpc) is 3.22. The highest BCUT2D eigenvalue weighted by atomic mass is 35.5. The van der Waals surface area contributed by atoms with Crippen molar-refractivity contribution >= 4 is 46.0 Å². The molecular weight excluding hydrogens is 371 g/mol. The number of hydrogen-bond acceptors (Lipinski definition) is 3. The number of amides is 1. The van der Waals surface area contributed by atoms with E-state index in [1.807, 2.05) is 19.1 Å². The topological polar surface area (TPSA) is 55.1 Å². The van der Waals surface area contributed by atoms with Gasteiger partial charge in [0.2, 0.25) is 0 Å². The Labute approximate surface area is 159 Å². The number of rotatable bonds is 3. The third-order valence-corrected chi connectivity index (χ3v) is 5.38. The van der Waals surface area contributed by atoms with E-state index in [2.05, 4.69) is 10.3 Å². The lowest BCUT2D eigenvalue weighted by Gasteiger charge is -2.08. The number of halogens is 2. The molecule has 1 amide bonds. The van der Waals surface area contributed by atoms with Crippen molar-refractivity contribution < 1.29 is 9.21 Å². The van der Waals surface area contributed by atoms with E-state index in [0.29, 0.717) is 26.9 Å². The molecule has 1 aliphatic carbocycles. The largest absolute Gasteiger partial charge is 0.455 e. The molecule has 3 heterocycles. The molecule has 0 unspecified atom stereocenters. The minimum Gasteiger partial charge on any atom is -0.455 e. The Bertz CT molecular complexity index is 1200. The van der Waals surface area contributed by atoms with Gasteiger partial charge in [0, 0.05) is 40.7 Å². The molecule has 1 aromatic carbocycles. The first kappa shape index (κ1) is 15.7. The number of benzene rings is 2. The Balaban J connectivity index is 1.60. The Kier molecular flexibility index (Phi) is 3.30. The van der Waals surface area contributed by atoms with E-state index in [-0.39, 0.29) is 5.91 Å². The summed E-state index contributed by atoms with van der Waals surface area (Å²) in [6, 6.07) is 8.86. The normalized spacial score (nSPS) is 12.4. The molecule has 1 N–H and O–H groups in total. The van der Waals surface area contributed by atoms with Crippen molar-refractivity contribution in [2.75, 3.05) is 5.32 Å². The third kappa shape index (κ3) is 2.30. The van der Waals surface area contributed by atoms with Gasteiger partial charge in [0.15, 0.2) is 0 Å². The zero-order valence-electron chi connectivity index (χ0n) is 13.7. The van der Waals surface area contributed by atoms with Crippen molar-refractivity contribution in [1.82, 2.24) is 4.98 Å². The molecule has 0 saturated carbocycles. The SMILES string of the molecule is Cc1cc(-c2c(C(=O)Nc3ccc(Cl)c(Cl)c3)c3oc2c2c3C2)ccn1. The fourth-order valence-corrected chi connectivity index (χ4v) is 3.68. The highest BCUT2D eigenvalue weighted by Gasteiger charge is 2.38.